The van der Waals surface area contributed by atoms with Gasteiger partial charge in [-0.1, -0.05) is 0 Å². The van der Waals surface area contributed by atoms with Crippen LogP contribution in [0.15, 0.2) is 15.2 Å². The molecule has 5 nitrogen and oxygen atoms in total. The maximum atomic E-state index is 5.10. The number of nitrogens with two attached hydrogens (primary N) is 2. The summed E-state index contributed by atoms with van der Waals surface area (Å²) in [6.45, 7) is 0. The fraction of sp³-hybridized carbons (Fsp3) is 0.500. The maximum Gasteiger partial charge on any atom is 0.279 e. The minimum absolute atomic E-state index is 1.22. The Kier molecular flexibility index (Phi) is 0.671. The maximum absolute atomic E-state index is 5.10. The summed E-state index contributed by atoms with van der Waals surface area (Å²) >= 11 is 0. The van der Waals surface area contributed by atoms with Crippen LogP contribution in [0.25, 0.3) is 0 Å². The van der Waals surface area contributed by atoms with Crippen LogP contribution in [0.2, 0.25) is 0 Å². The van der Waals surface area contributed by atoms with Crippen LogP contribution in [0.3, 0.4) is 0 Å². The Morgan fingerprint density at radius 1 is 1.43 bits per heavy atom. The summed E-state index contributed by atoms with van der Waals surface area (Å²) in [5.41, 5.74) is 10.2. The van der Waals surface area contributed by atoms with Gasteiger partial charge in [0.05, 0.1) is 0 Å². The molecule has 7 heavy (non-hydrogen) atoms. The van der Waals surface area contributed by atoms with Crippen LogP contribution in [0.1, 0.15) is 0 Å². The highest BCUT2D eigenvalue weighted by atomic mass is 15.4. The van der Waals surface area contributed by atoms with Gasteiger partial charge in [0.2, 0.25) is 0 Å². The van der Waals surface area contributed by atoms with Crippen molar-refractivity contribution in [1.82, 2.24) is 0 Å². The number of hydrogen-bond acceptors (Lipinski definition) is 5. The molecule has 1 rings (SSSR count). The summed E-state index contributed by atoms with van der Waals surface area (Å²) in [4.78, 5) is 3.47. The van der Waals surface area contributed by atoms with Crippen LogP contribution in [-0.4, -0.2) is 12.2 Å². The molecule has 5 heteroatoms. The fourth-order valence-electron chi connectivity index (χ4n) is 0.262. The quantitative estimate of drug-likeness (QED) is 0.382. The first kappa shape index (κ1) is 4.35. The molecule has 38 valence electrons. The van der Waals surface area contributed by atoms with Gasteiger partial charge in [0.15, 0.2) is 0 Å². The normalized spacial score (nSPS) is 23.7. The highest BCUT2D eigenvalue weighted by Gasteiger charge is 2.16. The lowest BCUT2D eigenvalue weighted by atomic mass is 10.7. The second kappa shape index (κ2) is 1.08. The summed E-state index contributed by atoms with van der Waals surface area (Å²) in [5, 5.41) is 6.65. The van der Waals surface area contributed by atoms with E-state index in [1.54, 1.807) is 0 Å². The van der Waals surface area contributed by atoms with Crippen LogP contribution in [0.5, 0.6) is 0 Å². The monoisotopic (exact) mass is 99.1 g/mol. The number of aliphatic imine (C=N–C) groups is 1. The fourth-order valence-corrected chi connectivity index (χ4v) is 0.262. The topological polar surface area (TPSA) is 89.1 Å². The largest absolute Gasteiger partial charge is 0.279 e. The summed E-state index contributed by atoms with van der Waals surface area (Å²) in [6.07, 6.45) is 1.22. The molecule has 0 saturated heterocycles. The van der Waals surface area contributed by atoms with Crippen molar-refractivity contribution in [3.8, 4) is 0 Å². The third-order valence-electron chi connectivity index (χ3n) is 0.534. The van der Waals surface area contributed by atoms with Crippen LogP contribution >= 0.6 is 0 Å². The number of rotatable bonds is 0. The number of azo groups is 1. The molecule has 0 saturated carbocycles. The second-order valence-corrected chi connectivity index (χ2v) is 1.24. The Balaban J connectivity index is 2.77. The lowest BCUT2D eigenvalue weighted by molar-refractivity contribution is 0.489. The van der Waals surface area contributed by atoms with E-state index in [0.29, 0.717) is 0 Å². The van der Waals surface area contributed by atoms with Crippen molar-refractivity contribution >= 4 is 6.34 Å². The van der Waals surface area contributed by atoms with E-state index in [9.17, 15) is 0 Å². The second-order valence-electron chi connectivity index (χ2n) is 1.24. The van der Waals surface area contributed by atoms with Crippen molar-refractivity contribution in [1.29, 1.82) is 0 Å². The molecule has 0 radical (unpaired) electrons. The van der Waals surface area contributed by atoms with Crippen molar-refractivity contribution in [3.63, 3.8) is 0 Å². The summed E-state index contributed by atoms with van der Waals surface area (Å²) in [6, 6.07) is 0. The van der Waals surface area contributed by atoms with Crippen molar-refractivity contribution in [3.05, 3.63) is 0 Å². The van der Waals surface area contributed by atoms with Gasteiger partial charge in [-0.25, -0.2) is 4.99 Å². The van der Waals surface area contributed by atoms with Crippen molar-refractivity contribution < 1.29 is 0 Å². The van der Waals surface area contributed by atoms with E-state index < -0.39 is 5.91 Å². The molecule has 0 amide bonds. The molecule has 0 fully saturated rings. The van der Waals surface area contributed by atoms with Crippen molar-refractivity contribution in [2.75, 3.05) is 0 Å². The van der Waals surface area contributed by atoms with Crippen molar-refractivity contribution in [2.24, 2.45) is 26.7 Å². The first-order chi connectivity index (χ1) is 3.21. The molecule has 0 aromatic carbocycles. The lowest BCUT2D eigenvalue weighted by Gasteiger charge is -2.03. The Hall–Kier alpha value is -0.810. The van der Waals surface area contributed by atoms with E-state index in [-0.39, 0.29) is 0 Å². The molecule has 0 atom stereocenters. The van der Waals surface area contributed by atoms with E-state index in [1.807, 2.05) is 0 Å². The van der Waals surface area contributed by atoms with Crippen LogP contribution < -0.4 is 11.5 Å². The zero-order valence-electron chi connectivity index (χ0n) is 3.57. The average Bonchev–Trinajstić information content (AvgIpc) is 1.84. The number of hydrogen-bond donors (Lipinski definition) is 2. The molecule has 4 N–H and O–H groups in total. The van der Waals surface area contributed by atoms with Gasteiger partial charge in [0.25, 0.3) is 5.91 Å². The molecule has 0 unspecified atom stereocenters. The summed E-state index contributed by atoms with van der Waals surface area (Å²) < 4.78 is 0. The zero-order chi connectivity index (χ0) is 5.33. The highest BCUT2D eigenvalue weighted by Crippen LogP contribution is 1.99. The van der Waals surface area contributed by atoms with E-state index in [1.165, 1.54) is 6.34 Å². The Bertz CT molecular complexity index is 108. The predicted molar refractivity (Wildman–Crippen MR) is 24.5 cm³/mol. The van der Waals surface area contributed by atoms with Gasteiger partial charge < -0.3 is 0 Å². The standard InChI is InChI=1S/C2H5N5/c3-2(4)5-1-6-7-2/h1H,3-4H2. The third kappa shape index (κ3) is 0.787. The minimum Gasteiger partial charge on any atom is -0.274 e. The minimum atomic E-state index is -1.28. The molecule has 0 bridgehead atoms. The SMILES string of the molecule is NC1(N)N=CN=N1. The molecule has 1 aliphatic rings. The highest BCUT2D eigenvalue weighted by molar-refractivity contribution is 5.56. The molecule has 0 aliphatic carbocycles. The van der Waals surface area contributed by atoms with Gasteiger partial charge >= 0.3 is 0 Å². The Morgan fingerprint density at radius 2 is 2.14 bits per heavy atom. The summed E-state index contributed by atoms with van der Waals surface area (Å²) in [5.74, 6) is -1.28. The van der Waals surface area contributed by atoms with Crippen LogP contribution in [0, 0.1) is 0 Å². The van der Waals surface area contributed by atoms with E-state index >= 15 is 0 Å². The van der Waals surface area contributed by atoms with Crippen molar-refractivity contribution in [2.45, 2.75) is 5.91 Å². The molecule has 0 aromatic heterocycles. The smallest absolute Gasteiger partial charge is 0.274 e. The first-order valence-corrected chi connectivity index (χ1v) is 1.74. The van der Waals surface area contributed by atoms with Gasteiger partial charge in [-0.3, -0.25) is 11.5 Å². The van der Waals surface area contributed by atoms with Gasteiger partial charge in [0, 0.05) is 0 Å². The molecule has 1 aliphatic heterocycles. The third-order valence-corrected chi connectivity index (χ3v) is 0.534. The van der Waals surface area contributed by atoms with Gasteiger partial charge in [-0.05, 0) is 0 Å². The van der Waals surface area contributed by atoms with Crippen LogP contribution in [-0.2, 0) is 0 Å². The van der Waals surface area contributed by atoms with E-state index in [2.05, 4.69) is 15.2 Å². The van der Waals surface area contributed by atoms with Gasteiger partial charge in [0.1, 0.15) is 6.34 Å². The zero-order valence-corrected chi connectivity index (χ0v) is 3.57. The van der Waals surface area contributed by atoms with Crippen LogP contribution in [0.4, 0.5) is 0 Å². The molecule has 0 aromatic rings. The van der Waals surface area contributed by atoms with E-state index in [0.717, 1.165) is 0 Å². The molecular formula is C2H5N5. The predicted octanol–water partition coefficient (Wildman–Crippen LogP) is -0.991. The first-order valence-electron chi connectivity index (χ1n) is 1.74. The molecule has 1 heterocycles. The Labute approximate surface area is 40.1 Å². The van der Waals surface area contributed by atoms with Gasteiger partial charge in [-0.15, -0.1) is 10.2 Å². The molecule has 0 spiro atoms. The average molecular weight is 99.1 g/mol. The van der Waals surface area contributed by atoms with Gasteiger partial charge in [-0.2, -0.15) is 0 Å². The molecular weight excluding hydrogens is 94.1 g/mol. The van der Waals surface area contributed by atoms with E-state index in [4.69, 9.17) is 11.5 Å². The lowest BCUT2D eigenvalue weighted by Crippen LogP contribution is -2.43. The Morgan fingerprint density at radius 3 is 2.29 bits per heavy atom. The summed E-state index contributed by atoms with van der Waals surface area (Å²) in [7, 11) is 0. The number of nitrogens with zero attached hydrogens (tertiary/aromatic N) is 3.